The highest BCUT2D eigenvalue weighted by Gasteiger charge is 2.28. The Morgan fingerprint density at radius 2 is 1.89 bits per heavy atom. The third-order valence-electron chi connectivity index (χ3n) is 3.88. The zero-order valence-corrected chi connectivity index (χ0v) is 15.6. The monoisotopic (exact) mass is 389 g/mol. The molecule has 9 heteroatoms. The number of nitrogens with one attached hydrogen (secondary N) is 1. The van der Waals surface area contributed by atoms with Crippen LogP contribution in [0.2, 0.25) is 0 Å². The molecule has 0 saturated heterocycles. The third kappa shape index (κ3) is 4.37. The molecule has 2 aromatic rings. The average molecular weight is 389 g/mol. The number of benzene rings is 2. The van der Waals surface area contributed by atoms with E-state index in [0.717, 1.165) is 10.6 Å². The molecule has 0 bridgehead atoms. The van der Waals surface area contributed by atoms with Gasteiger partial charge in [-0.05, 0) is 42.8 Å². The van der Waals surface area contributed by atoms with Crippen molar-refractivity contribution in [1.82, 2.24) is 5.43 Å². The maximum atomic E-state index is 12.4. The molecule has 1 aliphatic rings. The van der Waals surface area contributed by atoms with Gasteiger partial charge >= 0.3 is 0 Å². The minimum Gasteiger partial charge on any atom is -0.454 e. The predicted octanol–water partition coefficient (Wildman–Crippen LogP) is 1.72. The van der Waals surface area contributed by atoms with Crippen molar-refractivity contribution in [3.05, 3.63) is 54.1 Å². The summed E-state index contributed by atoms with van der Waals surface area (Å²) in [5.74, 6) is 0.698. The van der Waals surface area contributed by atoms with Gasteiger partial charge in [0.25, 0.3) is 5.91 Å². The molecular formula is C18H19N3O5S. The molecule has 1 amide bonds. The average Bonchev–Trinajstić information content (AvgIpc) is 3.09. The molecule has 142 valence electrons. The molecule has 2 aromatic carbocycles. The van der Waals surface area contributed by atoms with Crippen LogP contribution in [-0.4, -0.2) is 39.6 Å². The molecule has 27 heavy (non-hydrogen) atoms. The van der Waals surface area contributed by atoms with Gasteiger partial charge in [0.2, 0.25) is 16.8 Å². The molecule has 0 saturated carbocycles. The summed E-state index contributed by atoms with van der Waals surface area (Å²) < 4.78 is 35.9. The van der Waals surface area contributed by atoms with Gasteiger partial charge in [0.1, 0.15) is 6.04 Å². The summed E-state index contributed by atoms with van der Waals surface area (Å²) in [5.41, 5.74) is 3.48. The van der Waals surface area contributed by atoms with Crippen LogP contribution in [0, 0.1) is 0 Å². The highest BCUT2D eigenvalue weighted by Crippen LogP contribution is 2.31. The number of hydrogen-bond acceptors (Lipinski definition) is 6. The molecular weight excluding hydrogens is 370 g/mol. The Bertz CT molecular complexity index is 960. The van der Waals surface area contributed by atoms with Crippen LogP contribution in [0.15, 0.2) is 53.6 Å². The van der Waals surface area contributed by atoms with Gasteiger partial charge in [-0.3, -0.25) is 9.10 Å². The molecule has 1 atom stereocenters. The Morgan fingerprint density at radius 3 is 2.59 bits per heavy atom. The number of sulfonamides is 1. The lowest BCUT2D eigenvalue weighted by atomic mass is 10.2. The lowest BCUT2D eigenvalue weighted by Crippen LogP contribution is -2.46. The van der Waals surface area contributed by atoms with Crippen LogP contribution >= 0.6 is 0 Å². The fourth-order valence-corrected chi connectivity index (χ4v) is 3.82. The van der Waals surface area contributed by atoms with Crippen molar-refractivity contribution < 1.29 is 22.7 Å². The van der Waals surface area contributed by atoms with Crippen LogP contribution in [0.4, 0.5) is 5.69 Å². The van der Waals surface area contributed by atoms with E-state index in [1.165, 1.54) is 13.1 Å². The maximum Gasteiger partial charge on any atom is 0.263 e. The van der Waals surface area contributed by atoms with Crippen LogP contribution in [0.5, 0.6) is 11.5 Å². The number of rotatable bonds is 6. The lowest BCUT2D eigenvalue weighted by molar-refractivity contribution is -0.121. The van der Waals surface area contributed by atoms with Gasteiger partial charge in [-0.1, -0.05) is 18.2 Å². The Balaban J connectivity index is 1.70. The molecule has 8 nitrogen and oxygen atoms in total. The number of hydrazone groups is 1. The van der Waals surface area contributed by atoms with Crippen molar-refractivity contribution in [3.8, 4) is 11.5 Å². The van der Waals surface area contributed by atoms with E-state index in [9.17, 15) is 13.2 Å². The zero-order valence-electron chi connectivity index (χ0n) is 14.8. The van der Waals surface area contributed by atoms with Crippen molar-refractivity contribution in [1.29, 1.82) is 0 Å². The summed E-state index contributed by atoms with van der Waals surface area (Å²) in [6.07, 6.45) is 2.50. The first-order valence-corrected chi connectivity index (χ1v) is 9.98. The molecule has 0 aliphatic carbocycles. The number of carbonyl (C=O) groups excluding carboxylic acids is 1. The van der Waals surface area contributed by atoms with Crippen LogP contribution in [0.1, 0.15) is 12.5 Å². The normalized spacial score (nSPS) is 14.1. The smallest absolute Gasteiger partial charge is 0.263 e. The van der Waals surface area contributed by atoms with E-state index in [-0.39, 0.29) is 6.79 Å². The van der Waals surface area contributed by atoms with Gasteiger partial charge in [0.15, 0.2) is 11.5 Å². The maximum absolute atomic E-state index is 12.4. The largest absolute Gasteiger partial charge is 0.454 e. The van der Waals surface area contributed by atoms with E-state index in [2.05, 4.69) is 10.5 Å². The highest BCUT2D eigenvalue weighted by atomic mass is 32.2. The molecule has 0 spiro atoms. The summed E-state index contributed by atoms with van der Waals surface area (Å²) in [4.78, 5) is 12.4. The van der Waals surface area contributed by atoms with E-state index in [4.69, 9.17) is 9.47 Å². The number of anilines is 1. The molecule has 1 N–H and O–H groups in total. The molecule has 1 heterocycles. The Kier molecular flexibility index (Phi) is 5.31. The second-order valence-electron chi connectivity index (χ2n) is 5.92. The van der Waals surface area contributed by atoms with Crippen LogP contribution in [0.25, 0.3) is 0 Å². The van der Waals surface area contributed by atoms with Crippen LogP contribution < -0.4 is 19.2 Å². The second-order valence-corrected chi connectivity index (χ2v) is 7.78. The van der Waals surface area contributed by atoms with E-state index in [0.29, 0.717) is 22.7 Å². The number of para-hydroxylation sites is 1. The van der Waals surface area contributed by atoms with Gasteiger partial charge in [-0.2, -0.15) is 5.10 Å². The summed E-state index contributed by atoms with van der Waals surface area (Å²) in [6, 6.07) is 12.7. The third-order valence-corrected chi connectivity index (χ3v) is 5.13. The summed E-state index contributed by atoms with van der Waals surface area (Å²) >= 11 is 0. The van der Waals surface area contributed by atoms with Gasteiger partial charge in [0, 0.05) is 0 Å². The number of nitrogens with zero attached hydrogens (tertiary/aromatic N) is 2. The van der Waals surface area contributed by atoms with Gasteiger partial charge < -0.3 is 9.47 Å². The lowest BCUT2D eigenvalue weighted by Gasteiger charge is -2.27. The molecule has 0 unspecified atom stereocenters. The van der Waals surface area contributed by atoms with E-state index in [1.54, 1.807) is 48.5 Å². The Labute approximate surface area is 157 Å². The van der Waals surface area contributed by atoms with E-state index in [1.807, 2.05) is 0 Å². The van der Waals surface area contributed by atoms with Crippen molar-refractivity contribution >= 4 is 27.8 Å². The van der Waals surface area contributed by atoms with Gasteiger partial charge in [-0.25, -0.2) is 13.8 Å². The molecule has 1 aliphatic heterocycles. The fraction of sp³-hybridized carbons (Fsp3) is 0.222. The van der Waals surface area contributed by atoms with Crippen molar-refractivity contribution in [2.45, 2.75) is 13.0 Å². The van der Waals surface area contributed by atoms with Crippen LogP contribution in [-0.2, 0) is 14.8 Å². The van der Waals surface area contributed by atoms with Crippen molar-refractivity contribution in [2.24, 2.45) is 5.10 Å². The molecule has 0 aromatic heterocycles. The Hall–Kier alpha value is -3.07. The fourth-order valence-electron chi connectivity index (χ4n) is 2.64. The quantitative estimate of drug-likeness (QED) is 0.599. The summed E-state index contributed by atoms with van der Waals surface area (Å²) in [5, 5.41) is 3.90. The second kappa shape index (κ2) is 7.67. The van der Waals surface area contributed by atoms with Crippen molar-refractivity contribution in [3.63, 3.8) is 0 Å². The first kappa shape index (κ1) is 18.7. The van der Waals surface area contributed by atoms with Gasteiger partial charge in [-0.15, -0.1) is 0 Å². The molecule has 0 fully saturated rings. The zero-order chi connectivity index (χ0) is 19.4. The number of amides is 1. The molecule has 0 radical (unpaired) electrons. The first-order valence-electron chi connectivity index (χ1n) is 8.13. The number of hydrogen-bond donors (Lipinski definition) is 1. The first-order chi connectivity index (χ1) is 12.9. The summed E-state index contributed by atoms with van der Waals surface area (Å²) in [6.45, 7) is 1.67. The van der Waals surface area contributed by atoms with E-state index >= 15 is 0 Å². The predicted molar refractivity (Wildman–Crippen MR) is 102 cm³/mol. The molecule has 3 rings (SSSR count). The SMILES string of the molecule is C[C@H](C(=O)N/N=C\c1ccc2c(c1)OCO2)N(c1ccccc1)S(C)(=O)=O. The minimum atomic E-state index is -3.66. The number of carbonyl (C=O) groups is 1. The summed E-state index contributed by atoms with van der Waals surface area (Å²) in [7, 11) is -3.66. The number of fused-ring (bicyclic) bond motifs is 1. The van der Waals surface area contributed by atoms with Crippen molar-refractivity contribution in [2.75, 3.05) is 17.4 Å². The number of ether oxygens (including phenoxy) is 2. The standard InChI is InChI=1S/C18H19N3O5S/c1-13(21(27(2,23)24)15-6-4-3-5-7-15)18(22)20-19-11-14-8-9-16-17(10-14)26-12-25-16/h3-11,13H,12H2,1-2H3,(H,20,22)/b19-11-/t13-/m1/s1. The van der Waals surface area contributed by atoms with Crippen LogP contribution in [0.3, 0.4) is 0 Å². The van der Waals surface area contributed by atoms with Gasteiger partial charge in [0.05, 0.1) is 18.2 Å². The highest BCUT2D eigenvalue weighted by molar-refractivity contribution is 7.92. The Morgan fingerprint density at radius 1 is 1.19 bits per heavy atom. The van der Waals surface area contributed by atoms with E-state index < -0.39 is 22.0 Å². The topological polar surface area (TPSA) is 97.3 Å². The minimum absolute atomic E-state index is 0.172.